The lowest BCUT2D eigenvalue weighted by atomic mass is 9.72. The Labute approximate surface area is 295 Å². The predicted octanol–water partition coefficient (Wildman–Crippen LogP) is 6.29. The van der Waals surface area contributed by atoms with Gasteiger partial charge in [0.05, 0.1) is 16.3 Å². The number of hydrogen-bond acceptors (Lipinski definition) is 9. The van der Waals surface area contributed by atoms with Gasteiger partial charge in [0, 0.05) is 36.3 Å². The molecule has 270 valence electrons. The number of alkyl halides is 3. The van der Waals surface area contributed by atoms with E-state index in [4.69, 9.17) is 17.3 Å². The molecule has 1 fully saturated rings. The van der Waals surface area contributed by atoms with E-state index in [0.717, 1.165) is 68.9 Å². The number of sulfone groups is 1. The summed E-state index contributed by atoms with van der Waals surface area (Å²) in [5.41, 5.74) is 4.80. The van der Waals surface area contributed by atoms with Crippen LogP contribution in [0.1, 0.15) is 62.8 Å². The van der Waals surface area contributed by atoms with Crippen molar-refractivity contribution >= 4 is 48.5 Å². The second-order valence-electron chi connectivity index (χ2n) is 14.1. The summed E-state index contributed by atoms with van der Waals surface area (Å²) in [4.78, 5) is 11.4. The molecule has 1 aromatic heterocycles. The molecule has 10 nitrogen and oxygen atoms in total. The molecule has 16 heteroatoms. The number of allylic oxidation sites excluding steroid dienone is 1. The molecule has 1 aliphatic carbocycles. The van der Waals surface area contributed by atoms with Crippen molar-refractivity contribution in [2.24, 2.45) is 5.41 Å². The maximum Gasteiger partial charge on any atom is 0.501 e. The van der Waals surface area contributed by atoms with Crippen LogP contribution in [0.25, 0.3) is 5.57 Å². The molecule has 0 bridgehead atoms. The van der Waals surface area contributed by atoms with Gasteiger partial charge < -0.3 is 5.73 Å². The zero-order valence-electron chi connectivity index (χ0n) is 27.8. The minimum absolute atomic E-state index is 0.00180. The van der Waals surface area contributed by atoms with Crippen molar-refractivity contribution in [1.29, 1.82) is 0 Å². The van der Waals surface area contributed by atoms with Gasteiger partial charge in [0.1, 0.15) is 17.0 Å². The molecule has 3 N–H and O–H groups in total. The lowest BCUT2D eigenvalue weighted by molar-refractivity contribution is -0.0435. The van der Waals surface area contributed by atoms with E-state index in [0.29, 0.717) is 42.9 Å². The SMILES string of the molecule is CC1(C)CCC(CN2CCC(N3CCc4c(ncnc4NS(=O)(=O)c4ccc(N)c(S(=O)(=O)C(F)(F)F)c4)C3)CC2)=C(c2ccc(Cl)cc2)C1. The van der Waals surface area contributed by atoms with E-state index in [2.05, 4.69) is 50.5 Å². The molecule has 0 saturated carbocycles. The Morgan fingerprint density at radius 2 is 1.70 bits per heavy atom. The summed E-state index contributed by atoms with van der Waals surface area (Å²) in [6, 6.07) is 10.7. The first kappa shape index (κ1) is 36.5. The Bertz CT molecular complexity index is 2010. The number of fused-ring (bicyclic) bond motifs is 1. The van der Waals surface area contributed by atoms with Gasteiger partial charge in [-0.3, -0.25) is 14.5 Å². The van der Waals surface area contributed by atoms with Crippen LogP contribution in [0.5, 0.6) is 0 Å². The van der Waals surface area contributed by atoms with Crippen molar-refractivity contribution in [1.82, 2.24) is 19.8 Å². The minimum Gasteiger partial charge on any atom is -0.398 e. The van der Waals surface area contributed by atoms with Gasteiger partial charge >= 0.3 is 5.51 Å². The summed E-state index contributed by atoms with van der Waals surface area (Å²) in [6.07, 6.45) is 6.93. The molecule has 0 amide bonds. The van der Waals surface area contributed by atoms with Crippen molar-refractivity contribution in [2.75, 3.05) is 36.6 Å². The Morgan fingerprint density at radius 3 is 2.38 bits per heavy atom. The number of likely N-dealkylation sites (tertiary alicyclic amines) is 1. The second-order valence-corrected chi connectivity index (χ2v) is 18.1. The highest BCUT2D eigenvalue weighted by Gasteiger charge is 2.48. The third kappa shape index (κ3) is 7.66. The van der Waals surface area contributed by atoms with Gasteiger partial charge in [-0.2, -0.15) is 13.2 Å². The maximum atomic E-state index is 13.2. The first-order chi connectivity index (χ1) is 23.4. The number of aromatic nitrogens is 2. The van der Waals surface area contributed by atoms with E-state index in [1.807, 2.05) is 12.1 Å². The van der Waals surface area contributed by atoms with Crippen LogP contribution in [-0.2, 0) is 32.8 Å². The molecule has 0 unspecified atom stereocenters. The third-order valence-electron chi connectivity index (χ3n) is 10.0. The van der Waals surface area contributed by atoms with Crippen LogP contribution in [-0.4, -0.2) is 74.3 Å². The van der Waals surface area contributed by atoms with Crippen LogP contribution in [0.4, 0.5) is 24.7 Å². The first-order valence-electron chi connectivity index (χ1n) is 16.4. The monoisotopic (exact) mass is 752 g/mol. The molecule has 1 saturated heterocycles. The quantitative estimate of drug-likeness (QED) is 0.254. The van der Waals surface area contributed by atoms with Crippen LogP contribution in [0.15, 0.2) is 64.2 Å². The smallest absolute Gasteiger partial charge is 0.398 e. The predicted molar refractivity (Wildman–Crippen MR) is 187 cm³/mol. The van der Waals surface area contributed by atoms with Gasteiger partial charge in [0.25, 0.3) is 19.9 Å². The van der Waals surface area contributed by atoms with E-state index in [1.54, 1.807) is 0 Å². The fraction of sp³-hybridized carbons (Fsp3) is 0.471. The molecular formula is C34H40ClF3N6O4S2. The van der Waals surface area contributed by atoms with Gasteiger partial charge in [-0.1, -0.05) is 43.2 Å². The van der Waals surface area contributed by atoms with Crippen molar-refractivity contribution in [2.45, 2.75) is 80.3 Å². The molecular weight excluding hydrogens is 713 g/mol. The van der Waals surface area contributed by atoms with Crippen LogP contribution in [0.2, 0.25) is 5.02 Å². The number of nitrogens with one attached hydrogen (secondary N) is 1. The number of anilines is 2. The molecule has 0 radical (unpaired) electrons. The molecule has 6 rings (SSSR count). The number of rotatable bonds is 8. The van der Waals surface area contributed by atoms with Gasteiger partial charge in [0.15, 0.2) is 0 Å². The highest BCUT2D eigenvalue weighted by molar-refractivity contribution is 7.93. The van der Waals surface area contributed by atoms with Crippen LogP contribution in [0.3, 0.4) is 0 Å². The highest BCUT2D eigenvalue weighted by Crippen LogP contribution is 2.43. The highest BCUT2D eigenvalue weighted by atomic mass is 35.5. The summed E-state index contributed by atoms with van der Waals surface area (Å²) < 4.78 is 92.5. The van der Waals surface area contributed by atoms with E-state index in [9.17, 15) is 30.0 Å². The van der Waals surface area contributed by atoms with Gasteiger partial charge in [0.2, 0.25) is 0 Å². The van der Waals surface area contributed by atoms with E-state index < -0.39 is 40.8 Å². The van der Waals surface area contributed by atoms with Gasteiger partial charge in [-0.25, -0.2) is 26.8 Å². The van der Waals surface area contributed by atoms with Crippen molar-refractivity contribution in [3.05, 3.63) is 76.2 Å². The molecule has 3 heterocycles. The Morgan fingerprint density at radius 1 is 1.00 bits per heavy atom. The van der Waals surface area contributed by atoms with Crippen molar-refractivity contribution in [3.63, 3.8) is 0 Å². The molecule has 2 aromatic carbocycles. The molecule has 2 aliphatic heterocycles. The molecule has 0 atom stereocenters. The third-order valence-corrected chi connectivity index (χ3v) is 13.2. The average molecular weight is 753 g/mol. The lowest BCUT2D eigenvalue weighted by Gasteiger charge is -2.41. The largest absolute Gasteiger partial charge is 0.501 e. The Kier molecular flexibility index (Phi) is 10.0. The number of hydrogen-bond donors (Lipinski definition) is 2. The first-order valence-corrected chi connectivity index (χ1v) is 19.8. The summed E-state index contributed by atoms with van der Waals surface area (Å²) in [5.74, 6) is 0.00180. The maximum absolute atomic E-state index is 13.2. The molecule has 3 aromatic rings. The van der Waals surface area contributed by atoms with Crippen molar-refractivity contribution < 1.29 is 30.0 Å². The number of sulfonamides is 1. The zero-order valence-corrected chi connectivity index (χ0v) is 30.2. The van der Waals surface area contributed by atoms with Crippen LogP contribution < -0.4 is 10.5 Å². The zero-order chi connectivity index (χ0) is 36.1. The summed E-state index contributed by atoms with van der Waals surface area (Å²) >= 11 is 6.18. The Balaban J connectivity index is 1.11. The fourth-order valence-electron chi connectivity index (χ4n) is 7.18. The normalized spacial score (nSPS) is 19.7. The molecule has 50 heavy (non-hydrogen) atoms. The number of nitrogens with zero attached hydrogens (tertiary/aromatic N) is 4. The van der Waals surface area contributed by atoms with E-state index in [-0.39, 0.29) is 11.2 Å². The van der Waals surface area contributed by atoms with Gasteiger partial charge in [-0.05, 0) is 98.5 Å². The topological polar surface area (TPSA) is 139 Å². The minimum atomic E-state index is -5.88. The molecule has 0 spiro atoms. The van der Waals surface area contributed by atoms with Crippen LogP contribution in [0, 0.1) is 5.41 Å². The number of halogens is 4. The average Bonchev–Trinajstić information content (AvgIpc) is 3.05. The van der Waals surface area contributed by atoms with Gasteiger partial charge in [-0.15, -0.1) is 0 Å². The lowest BCUT2D eigenvalue weighted by Crippen LogP contribution is -2.47. The molecule has 3 aliphatic rings. The van der Waals surface area contributed by atoms with E-state index >= 15 is 0 Å². The van der Waals surface area contributed by atoms with Crippen LogP contribution >= 0.6 is 11.6 Å². The summed E-state index contributed by atoms with van der Waals surface area (Å²) in [7, 11) is -10.4. The van der Waals surface area contributed by atoms with E-state index in [1.165, 1.54) is 23.0 Å². The standard InChI is InChI=1S/C34H40ClF3N6O4S2/c1-33(2)13-9-23(28(18-33)22-3-5-24(35)6-4-22)19-43-14-10-25(11-15-43)44-16-12-27-30(20-44)40-21-41-32(27)42-50(47,48)26-7-8-29(39)31(17-26)49(45,46)34(36,37)38/h3-8,17,21,25H,9-16,18-20,39H2,1-2H3,(H,40,41,42). The Hall–Kier alpha value is -3.24. The summed E-state index contributed by atoms with van der Waals surface area (Å²) in [6.45, 7) is 8.66. The number of piperidine rings is 1. The number of nitrogens with two attached hydrogens (primary N) is 1. The number of benzene rings is 2. The summed E-state index contributed by atoms with van der Waals surface area (Å²) in [5, 5.41) is 0.733. The second kappa shape index (κ2) is 13.7. The number of nitrogen functional groups attached to an aromatic ring is 1. The fourth-order valence-corrected chi connectivity index (χ4v) is 9.35. The van der Waals surface area contributed by atoms with Crippen molar-refractivity contribution in [3.8, 4) is 0 Å².